The number of para-hydroxylation sites is 2. The number of aryl methyl sites for hydroxylation is 1. The number of allylic oxidation sites excluding steroid dienone is 7. The number of fused-ring (bicyclic) bond motifs is 5. The van der Waals surface area contributed by atoms with Crippen LogP contribution in [0.25, 0.3) is 61.8 Å². The highest BCUT2D eigenvalue weighted by Crippen LogP contribution is 2.51. The second-order valence-electron chi connectivity index (χ2n) is 16.1. The Morgan fingerprint density at radius 1 is 0.825 bits per heavy atom. The van der Waals surface area contributed by atoms with Crippen molar-refractivity contribution in [3.8, 4) is 11.4 Å². The summed E-state index contributed by atoms with van der Waals surface area (Å²) < 4.78 is 15.3. The molecular weight excluding hydrogens is 695 g/mol. The zero-order valence-corrected chi connectivity index (χ0v) is 32.7. The normalized spacial score (nSPS) is 20.3. The summed E-state index contributed by atoms with van der Waals surface area (Å²) in [5.41, 5.74) is 14.8. The van der Waals surface area contributed by atoms with E-state index in [0.717, 1.165) is 62.1 Å². The van der Waals surface area contributed by atoms with Crippen LogP contribution in [0.3, 0.4) is 0 Å². The summed E-state index contributed by atoms with van der Waals surface area (Å²) in [5.74, 6) is 2.31. The highest BCUT2D eigenvalue weighted by Gasteiger charge is 2.36. The Morgan fingerprint density at radius 2 is 1.65 bits per heavy atom. The standard InChI is InChI=1S/C54H47NO2/c1-5-13-44-46-31-38(22-26-50(46)55(49(44)6-2)41-16-8-7-9-17-41)40-28-29-56-54-42(35(4)30-40)24-20-34(3)53(54)48-33-37(21-25-43(48)36-14-12-15-36)39-23-27-52-47(32-39)45-18-10-11-19-51(45)57-52/h5-11,13,16-29,31-33,36,40,43,48H,2,4,12,14-15,30H2,1,3H3/b13-5-,29-28-. The maximum Gasteiger partial charge on any atom is 0.138 e. The number of hydrogen-bond acceptors (Lipinski definition) is 2. The molecule has 0 N–H and O–H groups in total. The lowest BCUT2D eigenvalue weighted by atomic mass is 9.65. The lowest BCUT2D eigenvalue weighted by molar-refractivity contribution is 0.226. The van der Waals surface area contributed by atoms with Gasteiger partial charge < -0.3 is 13.7 Å². The molecule has 3 unspecified atom stereocenters. The molecule has 0 saturated heterocycles. The molecule has 2 aromatic heterocycles. The first-order chi connectivity index (χ1) is 28.0. The molecule has 0 bridgehead atoms. The van der Waals surface area contributed by atoms with Crippen LogP contribution < -0.4 is 4.74 Å². The van der Waals surface area contributed by atoms with Crippen LogP contribution >= 0.6 is 0 Å². The van der Waals surface area contributed by atoms with Crippen LogP contribution in [0.2, 0.25) is 0 Å². The van der Waals surface area contributed by atoms with E-state index in [4.69, 9.17) is 15.7 Å². The van der Waals surface area contributed by atoms with E-state index in [9.17, 15) is 0 Å². The van der Waals surface area contributed by atoms with Gasteiger partial charge in [-0.3, -0.25) is 0 Å². The maximum absolute atomic E-state index is 6.84. The predicted molar refractivity (Wildman–Crippen MR) is 240 cm³/mol. The summed E-state index contributed by atoms with van der Waals surface area (Å²) in [5, 5.41) is 3.52. The fraction of sp³-hybridized carbons (Fsp3) is 0.185. The molecule has 2 aliphatic carbocycles. The maximum atomic E-state index is 6.84. The molecule has 10 rings (SSSR count). The number of rotatable bonds is 7. The van der Waals surface area contributed by atoms with Gasteiger partial charge in [0.2, 0.25) is 0 Å². The highest BCUT2D eigenvalue weighted by atomic mass is 16.5. The molecule has 7 aromatic rings. The van der Waals surface area contributed by atoms with Gasteiger partial charge in [-0.15, -0.1) is 0 Å². The summed E-state index contributed by atoms with van der Waals surface area (Å²) in [6.45, 7) is 13.3. The molecular formula is C54H47NO2. The summed E-state index contributed by atoms with van der Waals surface area (Å²) in [7, 11) is 0. The van der Waals surface area contributed by atoms with Gasteiger partial charge in [-0.25, -0.2) is 0 Å². The van der Waals surface area contributed by atoms with E-state index in [1.165, 1.54) is 58.0 Å². The van der Waals surface area contributed by atoms with Gasteiger partial charge in [-0.2, -0.15) is 0 Å². The molecule has 3 nitrogen and oxygen atoms in total. The fourth-order valence-corrected chi connectivity index (χ4v) is 9.72. The van der Waals surface area contributed by atoms with E-state index in [1.807, 2.05) is 24.5 Å². The second-order valence-corrected chi connectivity index (χ2v) is 16.1. The molecule has 5 aromatic carbocycles. The van der Waals surface area contributed by atoms with Crippen LogP contribution in [0.15, 0.2) is 157 Å². The Labute approximate surface area is 335 Å². The van der Waals surface area contributed by atoms with Gasteiger partial charge in [0.05, 0.1) is 17.5 Å². The van der Waals surface area contributed by atoms with Gasteiger partial charge in [0.1, 0.15) is 16.9 Å². The van der Waals surface area contributed by atoms with Crippen molar-refractivity contribution in [3.63, 3.8) is 0 Å². The number of aromatic nitrogens is 1. The van der Waals surface area contributed by atoms with Crippen LogP contribution in [0.1, 0.15) is 83.5 Å². The van der Waals surface area contributed by atoms with E-state index in [1.54, 1.807) is 0 Å². The minimum absolute atomic E-state index is 0.103. The van der Waals surface area contributed by atoms with Crippen LogP contribution in [0.4, 0.5) is 0 Å². The molecule has 1 aliphatic heterocycles. The SMILES string of the molecule is C=Cc1c(/C=C\C)c2cc(C3/C=C\Oc4c(ccc(C)c4C4C=C(c5ccc6oc7ccccc7c6c5)C=CC4C4CCC4)C(=C)C3)ccc2n1-c1ccccc1. The molecule has 0 amide bonds. The molecule has 3 atom stereocenters. The minimum atomic E-state index is 0.103. The van der Waals surface area contributed by atoms with Gasteiger partial charge in [-0.1, -0.05) is 111 Å². The number of benzene rings is 5. The van der Waals surface area contributed by atoms with Gasteiger partial charge in [0, 0.05) is 50.4 Å². The molecule has 57 heavy (non-hydrogen) atoms. The van der Waals surface area contributed by atoms with Gasteiger partial charge in [-0.05, 0) is 127 Å². The van der Waals surface area contributed by atoms with Crippen molar-refractivity contribution in [1.29, 1.82) is 0 Å². The topological polar surface area (TPSA) is 27.3 Å². The third kappa shape index (κ3) is 5.96. The zero-order valence-electron chi connectivity index (χ0n) is 32.7. The molecule has 0 spiro atoms. The average Bonchev–Trinajstić information content (AvgIpc) is 3.74. The van der Waals surface area contributed by atoms with Crippen molar-refractivity contribution < 1.29 is 9.15 Å². The molecule has 1 saturated carbocycles. The molecule has 1 fully saturated rings. The third-order valence-corrected chi connectivity index (χ3v) is 12.8. The second kappa shape index (κ2) is 14.3. The van der Waals surface area contributed by atoms with Crippen molar-refractivity contribution in [2.24, 2.45) is 11.8 Å². The Kier molecular flexibility index (Phi) is 8.82. The smallest absolute Gasteiger partial charge is 0.138 e. The lowest BCUT2D eigenvalue weighted by Gasteiger charge is -2.39. The monoisotopic (exact) mass is 741 g/mol. The Hall–Kier alpha value is -6.32. The van der Waals surface area contributed by atoms with Gasteiger partial charge in [0.15, 0.2) is 0 Å². The number of furan rings is 1. The van der Waals surface area contributed by atoms with Crippen LogP contribution in [0, 0.1) is 18.8 Å². The quantitative estimate of drug-likeness (QED) is 0.163. The Morgan fingerprint density at radius 3 is 2.46 bits per heavy atom. The van der Waals surface area contributed by atoms with Crippen LogP contribution in [0.5, 0.6) is 5.75 Å². The van der Waals surface area contributed by atoms with Crippen LogP contribution in [-0.2, 0) is 0 Å². The van der Waals surface area contributed by atoms with Crippen LogP contribution in [-0.4, -0.2) is 4.57 Å². The van der Waals surface area contributed by atoms with Crippen molar-refractivity contribution in [2.75, 3.05) is 0 Å². The molecule has 3 heteroatoms. The summed E-state index contributed by atoms with van der Waals surface area (Å²) in [4.78, 5) is 0. The highest BCUT2D eigenvalue weighted by molar-refractivity contribution is 6.06. The molecule has 3 aliphatic rings. The number of hydrogen-bond donors (Lipinski definition) is 0. The summed E-state index contributed by atoms with van der Waals surface area (Å²) in [6, 6.07) is 36.9. The number of ether oxygens (including phenoxy) is 1. The fourth-order valence-electron chi connectivity index (χ4n) is 9.72. The minimum Gasteiger partial charge on any atom is -0.464 e. The van der Waals surface area contributed by atoms with Crippen molar-refractivity contribution in [1.82, 2.24) is 4.57 Å². The van der Waals surface area contributed by atoms with E-state index in [0.29, 0.717) is 11.8 Å². The Bertz CT molecular complexity index is 2850. The number of nitrogens with zero attached hydrogens (tertiary/aromatic N) is 1. The van der Waals surface area contributed by atoms with Crippen molar-refractivity contribution >= 4 is 56.1 Å². The average molecular weight is 742 g/mol. The molecule has 280 valence electrons. The van der Waals surface area contributed by atoms with E-state index in [-0.39, 0.29) is 11.8 Å². The molecule has 0 radical (unpaired) electrons. The predicted octanol–water partition coefficient (Wildman–Crippen LogP) is 14.8. The van der Waals surface area contributed by atoms with E-state index in [2.05, 4.69) is 152 Å². The lowest BCUT2D eigenvalue weighted by Crippen LogP contribution is -2.27. The van der Waals surface area contributed by atoms with Gasteiger partial charge >= 0.3 is 0 Å². The first kappa shape index (κ1) is 35.1. The summed E-state index contributed by atoms with van der Waals surface area (Å²) >= 11 is 0. The zero-order chi connectivity index (χ0) is 38.6. The largest absolute Gasteiger partial charge is 0.464 e. The Balaban J connectivity index is 1.03. The van der Waals surface area contributed by atoms with E-state index < -0.39 is 0 Å². The summed E-state index contributed by atoms with van der Waals surface area (Å²) in [6.07, 6.45) is 22.5. The first-order valence-electron chi connectivity index (χ1n) is 20.5. The van der Waals surface area contributed by atoms with E-state index >= 15 is 0 Å². The third-order valence-electron chi connectivity index (χ3n) is 12.8. The van der Waals surface area contributed by atoms with Crippen molar-refractivity contribution in [3.05, 3.63) is 192 Å². The van der Waals surface area contributed by atoms with Crippen molar-refractivity contribution in [2.45, 2.75) is 51.4 Å². The van der Waals surface area contributed by atoms with Gasteiger partial charge in [0.25, 0.3) is 0 Å². The first-order valence-corrected chi connectivity index (χ1v) is 20.5. The molecule has 3 heterocycles.